The number of rotatable bonds is 7. The highest BCUT2D eigenvalue weighted by Crippen LogP contribution is 2.31. The molecular weight excluding hydrogens is 464 g/mol. The molecule has 174 valence electrons. The minimum absolute atomic E-state index is 0.0932. The Morgan fingerprint density at radius 1 is 1.30 bits per heavy atom. The first-order valence-corrected chi connectivity index (χ1v) is 12.9. The topological polar surface area (TPSA) is 122 Å². The van der Waals surface area contributed by atoms with Gasteiger partial charge in [-0.3, -0.25) is 9.59 Å². The Hall–Kier alpha value is -2.89. The van der Waals surface area contributed by atoms with Crippen molar-refractivity contribution < 1.29 is 22.5 Å². The summed E-state index contributed by atoms with van der Waals surface area (Å²) in [6, 6.07) is 8.25. The van der Waals surface area contributed by atoms with E-state index in [4.69, 9.17) is 4.52 Å². The fraction of sp³-hybridized carbons (Fsp3) is 0.364. The van der Waals surface area contributed by atoms with Gasteiger partial charge in [0, 0.05) is 41.7 Å². The number of carbonyl (C=O) groups excluding carboxylic acids is 2. The van der Waals surface area contributed by atoms with E-state index in [0.717, 1.165) is 11.3 Å². The molecule has 1 amide bonds. The highest BCUT2D eigenvalue weighted by Gasteiger charge is 2.34. The van der Waals surface area contributed by atoms with Gasteiger partial charge < -0.3 is 9.84 Å². The zero-order chi connectivity index (χ0) is 23.6. The van der Waals surface area contributed by atoms with E-state index in [-0.39, 0.29) is 22.4 Å². The number of amides is 1. The van der Waals surface area contributed by atoms with Gasteiger partial charge in [-0.25, -0.2) is 8.42 Å². The Morgan fingerprint density at radius 2 is 2.12 bits per heavy atom. The van der Waals surface area contributed by atoms with Gasteiger partial charge in [-0.05, 0) is 38.0 Å². The van der Waals surface area contributed by atoms with Crippen molar-refractivity contribution >= 4 is 38.7 Å². The maximum Gasteiger partial charge on any atom is 0.252 e. The van der Waals surface area contributed by atoms with Gasteiger partial charge in [0.25, 0.3) is 10.0 Å². The number of sulfonamides is 1. The molecule has 0 bridgehead atoms. The molecule has 3 heterocycles. The number of benzene rings is 1. The first-order chi connectivity index (χ1) is 15.8. The van der Waals surface area contributed by atoms with E-state index in [0.29, 0.717) is 54.3 Å². The van der Waals surface area contributed by atoms with Gasteiger partial charge in [0.2, 0.25) is 17.6 Å². The van der Waals surface area contributed by atoms with Crippen LogP contribution in [0.2, 0.25) is 0 Å². The molecule has 0 radical (unpaired) electrons. The summed E-state index contributed by atoms with van der Waals surface area (Å²) in [4.78, 5) is 28.7. The van der Waals surface area contributed by atoms with Crippen molar-refractivity contribution in [3.05, 3.63) is 47.2 Å². The monoisotopic (exact) mass is 488 g/mol. The minimum Gasteiger partial charge on any atom is -0.339 e. The van der Waals surface area contributed by atoms with Crippen LogP contribution in [0.15, 0.2) is 44.4 Å². The SMILES string of the molecule is CCc1nc(-c2csc(S(=O)(=O)N3CCC[C@@H](C(=O)Nc4cccc(C(C)=O)c4)C3)c2)no1. The van der Waals surface area contributed by atoms with Crippen molar-refractivity contribution in [3.8, 4) is 11.4 Å². The third-order valence-electron chi connectivity index (χ3n) is 5.49. The van der Waals surface area contributed by atoms with Crippen LogP contribution in [0.3, 0.4) is 0 Å². The maximum absolute atomic E-state index is 13.2. The molecule has 1 saturated heterocycles. The summed E-state index contributed by atoms with van der Waals surface area (Å²) in [5.41, 5.74) is 1.60. The highest BCUT2D eigenvalue weighted by atomic mass is 32.2. The summed E-state index contributed by atoms with van der Waals surface area (Å²) < 4.78 is 33.1. The molecule has 33 heavy (non-hydrogen) atoms. The second kappa shape index (κ2) is 9.54. The van der Waals surface area contributed by atoms with Crippen LogP contribution in [0, 0.1) is 5.92 Å². The van der Waals surface area contributed by atoms with E-state index in [9.17, 15) is 18.0 Å². The molecule has 3 aromatic rings. The van der Waals surface area contributed by atoms with Gasteiger partial charge in [-0.2, -0.15) is 9.29 Å². The summed E-state index contributed by atoms with van der Waals surface area (Å²) in [6.45, 7) is 3.79. The summed E-state index contributed by atoms with van der Waals surface area (Å²) >= 11 is 1.09. The number of ketones is 1. The van der Waals surface area contributed by atoms with Crippen LogP contribution in [0.4, 0.5) is 5.69 Å². The van der Waals surface area contributed by atoms with Crippen molar-refractivity contribution in [3.63, 3.8) is 0 Å². The number of thiophene rings is 1. The Labute approximate surface area is 195 Å². The molecule has 0 saturated carbocycles. The fourth-order valence-electron chi connectivity index (χ4n) is 3.65. The van der Waals surface area contributed by atoms with E-state index in [1.165, 1.54) is 11.2 Å². The van der Waals surface area contributed by atoms with Gasteiger partial charge in [0.15, 0.2) is 5.78 Å². The second-order valence-electron chi connectivity index (χ2n) is 7.85. The lowest BCUT2D eigenvalue weighted by atomic mass is 9.98. The number of hydrogen-bond acceptors (Lipinski definition) is 8. The van der Waals surface area contributed by atoms with Crippen LogP contribution in [0.5, 0.6) is 0 Å². The maximum atomic E-state index is 13.2. The summed E-state index contributed by atoms with van der Waals surface area (Å²) in [6.07, 6.45) is 1.76. The van der Waals surface area contributed by atoms with Crippen molar-refractivity contribution in [1.29, 1.82) is 0 Å². The van der Waals surface area contributed by atoms with Crippen molar-refractivity contribution in [1.82, 2.24) is 14.4 Å². The van der Waals surface area contributed by atoms with Gasteiger partial charge in [-0.15, -0.1) is 11.3 Å². The third-order valence-corrected chi connectivity index (χ3v) is 8.77. The molecule has 1 N–H and O–H groups in total. The van der Waals surface area contributed by atoms with Gasteiger partial charge in [0.05, 0.1) is 5.92 Å². The molecule has 1 aliphatic rings. The Bertz CT molecular complexity index is 1280. The minimum atomic E-state index is -3.76. The molecule has 2 aromatic heterocycles. The van der Waals surface area contributed by atoms with E-state index >= 15 is 0 Å². The number of aryl methyl sites for hydroxylation is 1. The molecule has 11 heteroatoms. The lowest BCUT2D eigenvalue weighted by Crippen LogP contribution is -2.43. The third kappa shape index (κ3) is 5.05. The van der Waals surface area contributed by atoms with Crippen LogP contribution >= 0.6 is 11.3 Å². The van der Waals surface area contributed by atoms with Crippen molar-refractivity contribution in [2.75, 3.05) is 18.4 Å². The van der Waals surface area contributed by atoms with Gasteiger partial charge in [-0.1, -0.05) is 24.2 Å². The first kappa shape index (κ1) is 23.3. The molecule has 0 unspecified atom stereocenters. The standard InChI is InChI=1S/C22H24N4O5S2/c1-3-19-24-21(25-31-19)17-11-20(32-13-17)33(29,30)26-9-5-7-16(12-26)22(28)23-18-8-4-6-15(10-18)14(2)27/h4,6,8,10-11,13,16H,3,5,7,9,12H2,1-2H3,(H,23,28)/t16-/m1/s1. The highest BCUT2D eigenvalue weighted by molar-refractivity contribution is 7.91. The molecule has 4 rings (SSSR count). The normalized spacial score (nSPS) is 17.1. The largest absolute Gasteiger partial charge is 0.339 e. The Kier molecular flexibility index (Phi) is 6.73. The van der Waals surface area contributed by atoms with E-state index in [2.05, 4.69) is 15.5 Å². The molecule has 1 aromatic carbocycles. The molecule has 1 atom stereocenters. The van der Waals surface area contributed by atoms with Gasteiger partial charge in [0.1, 0.15) is 4.21 Å². The summed E-state index contributed by atoms with van der Waals surface area (Å²) in [5.74, 6) is -0.00437. The number of carbonyl (C=O) groups is 2. The number of nitrogens with zero attached hydrogens (tertiary/aromatic N) is 3. The number of Topliss-reactive ketones (excluding diaryl/α,β-unsaturated/α-hetero) is 1. The predicted molar refractivity (Wildman–Crippen MR) is 124 cm³/mol. The Balaban J connectivity index is 1.47. The quantitative estimate of drug-likeness (QED) is 0.504. The average molecular weight is 489 g/mol. The molecule has 9 nitrogen and oxygen atoms in total. The smallest absolute Gasteiger partial charge is 0.252 e. The van der Waals surface area contributed by atoms with E-state index in [1.807, 2.05) is 6.92 Å². The number of piperidine rings is 1. The molecule has 0 aliphatic carbocycles. The number of aromatic nitrogens is 2. The summed E-state index contributed by atoms with van der Waals surface area (Å²) in [5, 5.41) is 8.40. The number of hydrogen-bond donors (Lipinski definition) is 1. The second-order valence-corrected chi connectivity index (χ2v) is 10.9. The molecule has 1 fully saturated rings. The zero-order valence-electron chi connectivity index (χ0n) is 18.3. The molecule has 1 aliphatic heterocycles. The number of anilines is 1. The van der Waals surface area contributed by atoms with Crippen LogP contribution in [0.25, 0.3) is 11.4 Å². The van der Waals surface area contributed by atoms with Crippen LogP contribution in [-0.4, -0.2) is 47.6 Å². The van der Waals surface area contributed by atoms with Crippen molar-refractivity contribution in [2.24, 2.45) is 5.92 Å². The predicted octanol–water partition coefficient (Wildman–Crippen LogP) is 3.60. The number of nitrogens with one attached hydrogen (secondary N) is 1. The zero-order valence-corrected chi connectivity index (χ0v) is 19.9. The first-order valence-electron chi connectivity index (χ1n) is 10.6. The average Bonchev–Trinajstić information content (AvgIpc) is 3.49. The summed E-state index contributed by atoms with van der Waals surface area (Å²) in [7, 11) is -3.76. The van der Waals surface area contributed by atoms with Crippen molar-refractivity contribution in [2.45, 2.75) is 37.3 Å². The molecular formula is C22H24N4O5S2. The van der Waals surface area contributed by atoms with Gasteiger partial charge >= 0.3 is 0 Å². The Morgan fingerprint density at radius 3 is 2.85 bits per heavy atom. The van der Waals surface area contributed by atoms with Crippen LogP contribution in [-0.2, 0) is 21.2 Å². The van der Waals surface area contributed by atoms with Crippen LogP contribution in [0.1, 0.15) is 42.9 Å². The van der Waals surface area contributed by atoms with Crippen LogP contribution < -0.4 is 5.32 Å². The van der Waals surface area contributed by atoms with E-state index in [1.54, 1.807) is 35.7 Å². The lowest BCUT2D eigenvalue weighted by molar-refractivity contribution is -0.120. The molecule has 0 spiro atoms. The lowest BCUT2D eigenvalue weighted by Gasteiger charge is -2.30. The fourth-order valence-corrected chi connectivity index (χ4v) is 6.48. The van der Waals surface area contributed by atoms with E-state index < -0.39 is 15.9 Å².